The van der Waals surface area contributed by atoms with Crippen LogP contribution in [-0.2, 0) is 0 Å². The fourth-order valence-corrected chi connectivity index (χ4v) is 4.04. The summed E-state index contributed by atoms with van der Waals surface area (Å²) in [6.45, 7) is 2.23. The lowest BCUT2D eigenvalue weighted by Crippen LogP contribution is -2.40. The molecule has 164 valence electrons. The zero-order valence-electron chi connectivity index (χ0n) is 18.1. The summed E-state index contributed by atoms with van der Waals surface area (Å²) >= 11 is 0. The molecule has 0 bridgehead atoms. The van der Waals surface area contributed by atoms with Crippen molar-refractivity contribution < 1.29 is 9.59 Å². The Hall–Kier alpha value is -3.67. The first-order valence-electron chi connectivity index (χ1n) is 11.0. The molecule has 1 aliphatic rings. The number of nitrogens with zero attached hydrogens (tertiary/aromatic N) is 1. The molecule has 0 saturated heterocycles. The topological polar surface area (TPSA) is 80.2 Å². The minimum atomic E-state index is -0.366. The average molecular weight is 430 g/mol. The van der Waals surface area contributed by atoms with Crippen molar-refractivity contribution in [3.63, 3.8) is 0 Å². The molecule has 0 unspecified atom stereocenters. The molecular formula is C26H27N3O3. The number of aromatic nitrogens is 1. The minimum Gasteiger partial charge on any atom is -0.349 e. The zero-order valence-corrected chi connectivity index (χ0v) is 18.1. The van der Waals surface area contributed by atoms with Crippen LogP contribution in [0.5, 0.6) is 0 Å². The molecule has 32 heavy (non-hydrogen) atoms. The summed E-state index contributed by atoms with van der Waals surface area (Å²) < 4.78 is 1.45. The third kappa shape index (κ3) is 4.97. The number of anilines is 1. The maximum Gasteiger partial charge on any atom is 0.267 e. The number of rotatable bonds is 5. The van der Waals surface area contributed by atoms with Gasteiger partial charge in [0.25, 0.3) is 17.4 Å². The van der Waals surface area contributed by atoms with Crippen LogP contribution in [0, 0.1) is 5.92 Å². The van der Waals surface area contributed by atoms with Crippen LogP contribution in [0.1, 0.15) is 53.3 Å². The van der Waals surface area contributed by atoms with Crippen LogP contribution < -0.4 is 16.2 Å². The van der Waals surface area contributed by atoms with Gasteiger partial charge >= 0.3 is 0 Å². The number of carbonyl (C=O) groups is 2. The van der Waals surface area contributed by atoms with Crippen LogP contribution in [-0.4, -0.2) is 22.4 Å². The maximum absolute atomic E-state index is 13.0. The molecular weight excluding hydrogens is 402 g/mol. The molecule has 2 N–H and O–H groups in total. The van der Waals surface area contributed by atoms with Gasteiger partial charge in [-0.1, -0.05) is 25.1 Å². The van der Waals surface area contributed by atoms with E-state index in [-0.39, 0.29) is 29.0 Å². The molecule has 4 rings (SSSR count). The van der Waals surface area contributed by atoms with Crippen LogP contribution in [0.2, 0.25) is 0 Å². The van der Waals surface area contributed by atoms with E-state index in [0.717, 1.165) is 25.7 Å². The first kappa shape index (κ1) is 21.6. The molecule has 0 atom stereocenters. The molecule has 2 amide bonds. The van der Waals surface area contributed by atoms with Gasteiger partial charge in [0.05, 0.1) is 0 Å². The SMILES string of the molecule is CC1CCC(NC(=O)c2cccn(-c3ccc(NC(=O)c4ccccc4)cc3)c2=O)CC1. The molecule has 1 heterocycles. The van der Waals surface area contributed by atoms with E-state index in [2.05, 4.69) is 17.6 Å². The normalized spacial score (nSPS) is 18.0. The van der Waals surface area contributed by atoms with Crippen molar-refractivity contribution in [1.29, 1.82) is 0 Å². The van der Waals surface area contributed by atoms with Gasteiger partial charge in [-0.05, 0) is 80.1 Å². The van der Waals surface area contributed by atoms with E-state index in [4.69, 9.17) is 0 Å². The standard InChI is InChI=1S/C26H27N3O3/c1-18-9-11-20(12-10-18)28-25(31)23-8-5-17-29(26(23)32)22-15-13-21(14-16-22)27-24(30)19-6-3-2-4-7-19/h2-8,13-18,20H,9-12H2,1H3,(H,27,30)(H,28,31). The van der Waals surface area contributed by atoms with Gasteiger partial charge in [-0.25, -0.2) is 0 Å². The molecule has 0 radical (unpaired) electrons. The van der Waals surface area contributed by atoms with Gasteiger partial charge in [-0.2, -0.15) is 0 Å². The third-order valence-electron chi connectivity index (χ3n) is 5.98. The number of nitrogens with one attached hydrogen (secondary N) is 2. The third-order valence-corrected chi connectivity index (χ3v) is 5.98. The highest BCUT2D eigenvalue weighted by molar-refractivity contribution is 6.04. The van der Waals surface area contributed by atoms with E-state index in [1.54, 1.807) is 54.7 Å². The fraction of sp³-hybridized carbons (Fsp3) is 0.269. The van der Waals surface area contributed by atoms with Crippen LogP contribution >= 0.6 is 0 Å². The Bertz CT molecular complexity index is 1140. The number of pyridine rings is 1. The second-order valence-corrected chi connectivity index (χ2v) is 8.39. The number of hydrogen-bond donors (Lipinski definition) is 2. The highest BCUT2D eigenvalue weighted by atomic mass is 16.2. The summed E-state index contributed by atoms with van der Waals surface area (Å²) in [5.41, 5.74) is 1.58. The summed E-state index contributed by atoms with van der Waals surface area (Å²) in [7, 11) is 0. The molecule has 1 saturated carbocycles. The lowest BCUT2D eigenvalue weighted by atomic mass is 9.87. The molecule has 2 aromatic carbocycles. The Balaban J connectivity index is 1.47. The van der Waals surface area contributed by atoms with Gasteiger partial charge in [0.1, 0.15) is 5.56 Å². The fourth-order valence-electron chi connectivity index (χ4n) is 4.04. The summed E-state index contributed by atoms with van der Waals surface area (Å²) in [4.78, 5) is 38.0. The van der Waals surface area contributed by atoms with Crippen LogP contribution in [0.4, 0.5) is 5.69 Å². The summed E-state index contributed by atoms with van der Waals surface area (Å²) in [6, 6.07) is 19.3. The monoisotopic (exact) mass is 429 g/mol. The molecule has 0 aliphatic heterocycles. The lowest BCUT2D eigenvalue weighted by Gasteiger charge is -2.26. The van der Waals surface area contributed by atoms with Gasteiger partial charge in [0.15, 0.2) is 0 Å². The predicted molar refractivity (Wildman–Crippen MR) is 125 cm³/mol. The maximum atomic E-state index is 13.0. The Morgan fingerprint density at radius 3 is 2.22 bits per heavy atom. The van der Waals surface area contributed by atoms with Crippen molar-refractivity contribution >= 4 is 17.5 Å². The zero-order chi connectivity index (χ0) is 22.5. The number of carbonyl (C=O) groups excluding carboxylic acids is 2. The summed E-state index contributed by atoms with van der Waals surface area (Å²) in [5, 5.41) is 5.86. The highest BCUT2D eigenvalue weighted by Crippen LogP contribution is 2.23. The number of amides is 2. The molecule has 0 spiro atoms. The Morgan fingerprint density at radius 1 is 0.844 bits per heavy atom. The Labute approximate surface area is 187 Å². The van der Waals surface area contributed by atoms with Gasteiger partial charge < -0.3 is 10.6 Å². The molecule has 1 aromatic heterocycles. The van der Waals surface area contributed by atoms with E-state index < -0.39 is 0 Å². The van der Waals surface area contributed by atoms with E-state index >= 15 is 0 Å². The highest BCUT2D eigenvalue weighted by Gasteiger charge is 2.22. The van der Waals surface area contributed by atoms with Crippen molar-refractivity contribution in [2.24, 2.45) is 5.92 Å². The molecule has 1 aliphatic carbocycles. The van der Waals surface area contributed by atoms with E-state index in [1.807, 2.05) is 18.2 Å². The smallest absolute Gasteiger partial charge is 0.267 e. The summed E-state index contributed by atoms with van der Waals surface area (Å²) in [5.74, 6) is 0.166. The van der Waals surface area contributed by atoms with Crippen molar-refractivity contribution in [2.45, 2.75) is 38.6 Å². The lowest BCUT2D eigenvalue weighted by molar-refractivity contribution is 0.0920. The number of benzene rings is 2. The van der Waals surface area contributed by atoms with Gasteiger partial charge in [0.2, 0.25) is 0 Å². The van der Waals surface area contributed by atoms with E-state index in [9.17, 15) is 14.4 Å². The van der Waals surface area contributed by atoms with Crippen LogP contribution in [0.3, 0.4) is 0 Å². The Kier molecular flexibility index (Phi) is 6.50. The largest absolute Gasteiger partial charge is 0.349 e. The number of hydrogen-bond acceptors (Lipinski definition) is 3. The van der Waals surface area contributed by atoms with E-state index in [1.165, 1.54) is 4.57 Å². The van der Waals surface area contributed by atoms with Crippen LogP contribution in [0.15, 0.2) is 77.7 Å². The first-order valence-corrected chi connectivity index (χ1v) is 11.0. The van der Waals surface area contributed by atoms with Crippen molar-refractivity contribution in [3.05, 3.63) is 94.4 Å². The minimum absolute atomic E-state index is 0.124. The molecule has 1 fully saturated rings. The molecule has 6 nitrogen and oxygen atoms in total. The van der Waals surface area contributed by atoms with Gasteiger partial charge in [-0.15, -0.1) is 0 Å². The van der Waals surface area contributed by atoms with E-state index in [0.29, 0.717) is 22.9 Å². The predicted octanol–water partition coefficient (Wildman–Crippen LogP) is 4.40. The van der Waals surface area contributed by atoms with Crippen molar-refractivity contribution in [1.82, 2.24) is 9.88 Å². The van der Waals surface area contributed by atoms with Gasteiger partial charge in [0, 0.05) is 29.2 Å². The second-order valence-electron chi connectivity index (χ2n) is 8.39. The quantitative estimate of drug-likeness (QED) is 0.631. The Morgan fingerprint density at radius 2 is 1.53 bits per heavy atom. The first-order chi connectivity index (χ1) is 15.5. The van der Waals surface area contributed by atoms with Gasteiger partial charge in [-0.3, -0.25) is 19.0 Å². The van der Waals surface area contributed by atoms with Crippen LogP contribution in [0.25, 0.3) is 5.69 Å². The molecule has 6 heteroatoms. The molecule has 3 aromatic rings. The second kappa shape index (κ2) is 9.64. The summed E-state index contributed by atoms with van der Waals surface area (Å²) in [6.07, 6.45) is 5.72. The van der Waals surface area contributed by atoms with Crippen molar-refractivity contribution in [2.75, 3.05) is 5.32 Å². The average Bonchev–Trinajstić information content (AvgIpc) is 2.82. The van der Waals surface area contributed by atoms with Crippen molar-refractivity contribution in [3.8, 4) is 5.69 Å².